The van der Waals surface area contributed by atoms with Crippen LogP contribution in [-0.2, 0) is 16.4 Å². The van der Waals surface area contributed by atoms with Crippen molar-refractivity contribution in [3.05, 3.63) is 23.8 Å². The highest BCUT2D eigenvalue weighted by Gasteiger charge is 2.29. The highest BCUT2D eigenvalue weighted by atomic mass is 32.2. The van der Waals surface area contributed by atoms with E-state index in [1.54, 1.807) is 0 Å². The van der Waals surface area contributed by atoms with E-state index in [2.05, 4.69) is 4.98 Å². The Labute approximate surface area is 114 Å². The number of hydrogen-bond acceptors (Lipinski definition) is 4. The van der Waals surface area contributed by atoms with E-state index in [4.69, 9.17) is 5.73 Å². The van der Waals surface area contributed by atoms with Gasteiger partial charge in [0.1, 0.15) is 5.52 Å². The van der Waals surface area contributed by atoms with Crippen molar-refractivity contribution in [1.29, 1.82) is 0 Å². The molecule has 1 aromatic carbocycles. The number of halogens is 2. The Bertz CT molecular complexity index is 786. The van der Waals surface area contributed by atoms with Crippen LogP contribution in [0.4, 0.5) is 14.7 Å². The summed E-state index contributed by atoms with van der Waals surface area (Å²) in [6.07, 6.45) is 0.498. The van der Waals surface area contributed by atoms with Gasteiger partial charge >= 0.3 is 0 Å². The van der Waals surface area contributed by atoms with Crippen LogP contribution in [0.2, 0.25) is 0 Å². The zero-order valence-corrected chi connectivity index (χ0v) is 11.3. The second kappa shape index (κ2) is 4.41. The molecule has 1 aliphatic rings. The molecule has 0 aliphatic carbocycles. The Morgan fingerprint density at radius 2 is 2.15 bits per heavy atom. The summed E-state index contributed by atoms with van der Waals surface area (Å²) in [5.41, 5.74) is 5.99. The predicted molar refractivity (Wildman–Crippen MR) is 70.8 cm³/mol. The molecule has 0 spiro atoms. The van der Waals surface area contributed by atoms with Crippen LogP contribution in [0.25, 0.3) is 11.0 Å². The number of nitrogens with two attached hydrogens (primary N) is 1. The number of sulfone groups is 1. The summed E-state index contributed by atoms with van der Waals surface area (Å²) in [5, 5.41) is 0. The van der Waals surface area contributed by atoms with Crippen molar-refractivity contribution in [1.82, 2.24) is 9.55 Å². The molecule has 2 heterocycles. The minimum absolute atomic E-state index is 0.00759. The summed E-state index contributed by atoms with van der Waals surface area (Å²) in [4.78, 5) is 3.98. The number of benzene rings is 1. The number of fused-ring (bicyclic) bond motifs is 1. The molecule has 0 amide bonds. The van der Waals surface area contributed by atoms with E-state index in [-0.39, 0.29) is 41.0 Å². The van der Waals surface area contributed by atoms with Crippen LogP contribution in [0.1, 0.15) is 6.42 Å². The summed E-state index contributed by atoms with van der Waals surface area (Å²) < 4.78 is 51.5. The highest BCUT2D eigenvalue weighted by Crippen LogP contribution is 2.27. The summed E-state index contributed by atoms with van der Waals surface area (Å²) in [6.45, 7) is 0.224. The maximum absolute atomic E-state index is 13.9. The van der Waals surface area contributed by atoms with E-state index in [1.165, 1.54) is 10.6 Å². The molecule has 1 aliphatic heterocycles. The molecule has 20 heavy (non-hydrogen) atoms. The van der Waals surface area contributed by atoms with Gasteiger partial charge < -0.3 is 10.3 Å². The summed E-state index contributed by atoms with van der Waals surface area (Å²) >= 11 is 0. The van der Waals surface area contributed by atoms with Crippen LogP contribution in [0.15, 0.2) is 12.1 Å². The fraction of sp³-hybridized carbons (Fsp3) is 0.417. The van der Waals surface area contributed by atoms with Gasteiger partial charge in [-0.15, -0.1) is 0 Å². The van der Waals surface area contributed by atoms with Crippen LogP contribution in [-0.4, -0.2) is 29.5 Å². The monoisotopic (exact) mass is 301 g/mol. The first-order chi connectivity index (χ1) is 9.37. The zero-order chi connectivity index (χ0) is 14.5. The van der Waals surface area contributed by atoms with Gasteiger partial charge in [-0.25, -0.2) is 22.2 Å². The van der Waals surface area contributed by atoms with Crippen LogP contribution in [0.3, 0.4) is 0 Å². The van der Waals surface area contributed by atoms with E-state index in [1.807, 2.05) is 0 Å². The Kier molecular flexibility index (Phi) is 2.93. The maximum atomic E-state index is 13.9. The van der Waals surface area contributed by atoms with Gasteiger partial charge in [-0.3, -0.25) is 0 Å². The molecule has 1 unspecified atom stereocenters. The third-order valence-electron chi connectivity index (χ3n) is 3.60. The first-order valence-corrected chi connectivity index (χ1v) is 7.99. The fourth-order valence-electron chi connectivity index (χ4n) is 2.63. The summed E-state index contributed by atoms with van der Waals surface area (Å²) in [7, 11) is -3.03. The van der Waals surface area contributed by atoms with Gasteiger partial charge in [0.2, 0.25) is 5.95 Å². The number of imidazole rings is 1. The maximum Gasteiger partial charge on any atom is 0.201 e. The van der Waals surface area contributed by atoms with Gasteiger partial charge in [-0.05, 0) is 24.5 Å². The van der Waals surface area contributed by atoms with Gasteiger partial charge in [-0.1, -0.05) is 0 Å². The molecule has 8 heteroatoms. The van der Waals surface area contributed by atoms with Crippen molar-refractivity contribution in [3.8, 4) is 0 Å². The molecule has 0 bridgehead atoms. The lowest BCUT2D eigenvalue weighted by Gasteiger charge is -2.11. The lowest BCUT2D eigenvalue weighted by Crippen LogP contribution is -2.14. The van der Waals surface area contributed by atoms with Crippen molar-refractivity contribution in [3.63, 3.8) is 0 Å². The molecule has 1 atom stereocenters. The molecular weight excluding hydrogens is 288 g/mol. The minimum atomic E-state index is -3.03. The van der Waals surface area contributed by atoms with Crippen molar-refractivity contribution in [2.24, 2.45) is 5.92 Å². The van der Waals surface area contributed by atoms with Crippen LogP contribution >= 0.6 is 0 Å². The second-order valence-corrected chi connectivity index (χ2v) is 7.31. The zero-order valence-electron chi connectivity index (χ0n) is 10.5. The number of nitrogen functional groups attached to an aromatic ring is 1. The van der Waals surface area contributed by atoms with Crippen LogP contribution in [0, 0.1) is 17.6 Å². The number of aromatic nitrogens is 2. The molecule has 3 rings (SSSR count). The SMILES string of the molecule is Nc1nc2ccc(F)c(F)c2n1CC1CCS(=O)(=O)C1. The van der Waals surface area contributed by atoms with Crippen molar-refractivity contribution < 1.29 is 17.2 Å². The molecule has 108 valence electrons. The van der Waals surface area contributed by atoms with E-state index >= 15 is 0 Å². The van der Waals surface area contributed by atoms with Crippen molar-refractivity contribution in [2.75, 3.05) is 17.2 Å². The fourth-order valence-corrected chi connectivity index (χ4v) is 4.48. The second-order valence-electron chi connectivity index (χ2n) is 5.08. The molecule has 1 aromatic heterocycles. The topological polar surface area (TPSA) is 78.0 Å². The predicted octanol–water partition coefficient (Wildman–Crippen LogP) is 1.33. The van der Waals surface area contributed by atoms with E-state index in [0.717, 1.165) is 6.07 Å². The van der Waals surface area contributed by atoms with Gasteiger partial charge in [0.05, 0.1) is 17.0 Å². The lowest BCUT2D eigenvalue weighted by molar-refractivity contribution is 0.485. The number of hydrogen-bond donors (Lipinski definition) is 1. The first-order valence-electron chi connectivity index (χ1n) is 6.17. The first kappa shape index (κ1) is 13.3. The summed E-state index contributed by atoms with van der Waals surface area (Å²) in [6, 6.07) is 2.35. The van der Waals surface area contributed by atoms with E-state index < -0.39 is 21.5 Å². The molecule has 5 nitrogen and oxygen atoms in total. The molecular formula is C12H13F2N3O2S. The standard InChI is InChI=1S/C12H13F2N3O2S/c13-8-1-2-9-11(10(8)14)17(12(15)16-9)5-7-3-4-20(18,19)6-7/h1-2,7H,3-6H2,(H2,15,16). The average Bonchev–Trinajstić information content (AvgIpc) is 2.86. The van der Waals surface area contributed by atoms with E-state index in [0.29, 0.717) is 6.42 Å². The molecule has 1 fully saturated rings. The third kappa shape index (κ3) is 2.13. The van der Waals surface area contributed by atoms with Gasteiger partial charge in [0.15, 0.2) is 21.5 Å². The largest absolute Gasteiger partial charge is 0.369 e. The molecule has 0 saturated carbocycles. The average molecular weight is 301 g/mol. The van der Waals surface area contributed by atoms with Crippen molar-refractivity contribution in [2.45, 2.75) is 13.0 Å². The normalized spacial score (nSPS) is 21.6. The number of nitrogens with zero attached hydrogens (tertiary/aromatic N) is 2. The lowest BCUT2D eigenvalue weighted by atomic mass is 10.1. The highest BCUT2D eigenvalue weighted by molar-refractivity contribution is 7.91. The molecule has 2 aromatic rings. The smallest absolute Gasteiger partial charge is 0.201 e. The van der Waals surface area contributed by atoms with Crippen molar-refractivity contribution >= 4 is 26.8 Å². The van der Waals surface area contributed by atoms with Gasteiger partial charge in [0.25, 0.3) is 0 Å². The molecule has 2 N–H and O–H groups in total. The molecule has 0 radical (unpaired) electrons. The van der Waals surface area contributed by atoms with Crippen LogP contribution in [0.5, 0.6) is 0 Å². The van der Waals surface area contributed by atoms with Gasteiger partial charge in [-0.2, -0.15) is 0 Å². The Morgan fingerprint density at radius 1 is 1.40 bits per heavy atom. The van der Waals surface area contributed by atoms with Crippen LogP contribution < -0.4 is 5.73 Å². The minimum Gasteiger partial charge on any atom is -0.369 e. The van der Waals surface area contributed by atoms with Gasteiger partial charge in [0, 0.05) is 6.54 Å². The summed E-state index contributed by atoms with van der Waals surface area (Å²) in [5.74, 6) is -1.90. The number of rotatable bonds is 2. The number of anilines is 1. The quantitative estimate of drug-likeness (QED) is 0.907. The Morgan fingerprint density at radius 3 is 2.80 bits per heavy atom. The Hall–Kier alpha value is -1.70. The third-order valence-corrected chi connectivity index (χ3v) is 5.43. The Balaban J connectivity index is 2.03. The van der Waals surface area contributed by atoms with E-state index in [9.17, 15) is 17.2 Å². The molecule has 1 saturated heterocycles.